The fourth-order valence-electron chi connectivity index (χ4n) is 1.08. The zero-order valence-corrected chi connectivity index (χ0v) is 8.66. The van der Waals surface area contributed by atoms with Crippen LogP contribution < -0.4 is 4.31 Å². The third-order valence-electron chi connectivity index (χ3n) is 1.68. The summed E-state index contributed by atoms with van der Waals surface area (Å²) in [6.07, 6.45) is 6.24. The predicted molar refractivity (Wildman–Crippen MR) is 57.5 cm³/mol. The zero-order chi connectivity index (χ0) is 10.6. The molecule has 0 spiro atoms. The van der Waals surface area contributed by atoms with E-state index in [9.17, 15) is 8.42 Å². The van der Waals surface area contributed by atoms with E-state index < -0.39 is 10.0 Å². The summed E-state index contributed by atoms with van der Waals surface area (Å²) in [7, 11) is -3.29. The van der Waals surface area contributed by atoms with Gasteiger partial charge in [-0.2, -0.15) is 0 Å². The molecule has 0 aromatic heterocycles. The summed E-state index contributed by atoms with van der Waals surface area (Å²) in [6.45, 7) is 0.0584. The van der Waals surface area contributed by atoms with Gasteiger partial charge < -0.3 is 0 Å². The molecule has 1 aromatic carbocycles. The Morgan fingerprint density at radius 3 is 2.36 bits per heavy atom. The molecule has 1 rings (SSSR count). The Kier molecular flexibility index (Phi) is 3.15. The Labute approximate surface area is 84.4 Å². The molecule has 0 atom stereocenters. The molecule has 0 aliphatic rings. The number of sulfonamides is 1. The minimum atomic E-state index is -3.29. The molecule has 4 heteroatoms. The van der Waals surface area contributed by atoms with Crippen LogP contribution in [0.3, 0.4) is 0 Å². The van der Waals surface area contributed by atoms with Crippen molar-refractivity contribution in [3.63, 3.8) is 0 Å². The van der Waals surface area contributed by atoms with Crippen molar-refractivity contribution in [1.29, 1.82) is 0 Å². The molecule has 0 heterocycles. The standard InChI is InChI=1S/C10H11NO2S/c1-3-9-11(14(2,12)13)10-7-5-4-6-8-10/h1,4-8H,9H2,2H3. The van der Waals surface area contributed by atoms with Crippen molar-refractivity contribution in [3.05, 3.63) is 30.3 Å². The van der Waals surface area contributed by atoms with Gasteiger partial charge in [-0.05, 0) is 12.1 Å². The summed E-state index contributed by atoms with van der Waals surface area (Å²) in [6, 6.07) is 8.77. The van der Waals surface area contributed by atoms with E-state index in [0.717, 1.165) is 6.26 Å². The number of anilines is 1. The molecular weight excluding hydrogens is 198 g/mol. The zero-order valence-electron chi connectivity index (χ0n) is 7.84. The van der Waals surface area contributed by atoms with Crippen LogP contribution in [0.15, 0.2) is 30.3 Å². The van der Waals surface area contributed by atoms with Crippen LogP contribution in [0.25, 0.3) is 0 Å². The second-order valence-corrected chi connectivity index (χ2v) is 4.72. The molecule has 0 saturated carbocycles. The highest BCUT2D eigenvalue weighted by Crippen LogP contribution is 2.15. The van der Waals surface area contributed by atoms with E-state index >= 15 is 0 Å². The smallest absolute Gasteiger partial charge is 0.233 e. The molecule has 0 aliphatic heterocycles. The lowest BCUT2D eigenvalue weighted by molar-refractivity contribution is 0.599. The molecule has 1 aromatic rings. The molecule has 3 nitrogen and oxygen atoms in total. The SMILES string of the molecule is C#CCN(c1ccccc1)S(C)(=O)=O. The van der Waals surface area contributed by atoms with Crippen LogP contribution in [-0.2, 0) is 10.0 Å². The summed E-state index contributed by atoms with van der Waals surface area (Å²) in [4.78, 5) is 0. The first-order chi connectivity index (χ1) is 6.55. The van der Waals surface area contributed by atoms with Crippen molar-refractivity contribution in [2.75, 3.05) is 17.1 Å². The van der Waals surface area contributed by atoms with Gasteiger partial charge in [0.25, 0.3) is 0 Å². The monoisotopic (exact) mass is 209 g/mol. The van der Waals surface area contributed by atoms with Crippen LogP contribution >= 0.6 is 0 Å². The van der Waals surface area contributed by atoms with E-state index in [0.29, 0.717) is 5.69 Å². The lowest BCUT2D eigenvalue weighted by atomic mass is 10.3. The summed E-state index contributed by atoms with van der Waals surface area (Å²) >= 11 is 0. The number of hydrogen-bond donors (Lipinski definition) is 0. The summed E-state index contributed by atoms with van der Waals surface area (Å²) in [5.41, 5.74) is 0.591. The van der Waals surface area contributed by atoms with E-state index in [1.54, 1.807) is 24.3 Å². The number of hydrogen-bond acceptors (Lipinski definition) is 2. The maximum absolute atomic E-state index is 11.4. The molecule has 0 unspecified atom stereocenters. The molecule has 0 radical (unpaired) electrons. The largest absolute Gasteiger partial charge is 0.259 e. The van der Waals surface area contributed by atoms with Gasteiger partial charge in [0.15, 0.2) is 0 Å². The average molecular weight is 209 g/mol. The average Bonchev–Trinajstić information content (AvgIpc) is 2.14. The third-order valence-corrected chi connectivity index (χ3v) is 2.82. The normalized spacial score (nSPS) is 10.6. The highest BCUT2D eigenvalue weighted by Gasteiger charge is 2.14. The van der Waals surface area contributed by atoms with Crippen molar-refractivity contribution < 1.29 is 8.42 Å². The van der Waals surface area contributed by atoms with Gasteiger partial charge in [0.1, 0.15) is 0 Å². The maximum Gasteiger partial charge on any atom is 0.233 e. The second kappa shape index (κ2) is 4.16. The summed E-state index contributed by atoms with van der Waals surface area (Å²) in [5, 5.41) is 0. The van der Waals surface area contributed by atoms with Gasteiger partial charge in [0.05, 0.1) is 18.5 Å². The third kappa shape index (κ3) is 2.51. The van der Waals surface area contributed by atoms with E-state index in [1.807, 2.05) is 6.07 Å². The Morgan fingerprint density at radius 1 is 1.36 bits per heavy atom. The Hall–Kier alpha value is -1.47. The Bertz CT molecular complexity index is 431. The minimum absolute atomic E-state index is 0.0584. The van der Waals surface area contributed by atoms with Crippen LogP contribution in [-0.4, -0.2) is 21.2 Å². The number of nitrogens with zero attached hydrogens (tertiary/aromatic N) is 1. The lowest BCUT2D eigenvalue weighted by Crippen LogP contribution is -2.29. The van der Waals surface area contributed by atoms with Crippen LogP contribution in [0.1, 0.15) is 0 Å². The number of rotatable bonds is 3. The van der Waals surface area contributed by atoms with E-state index in [-0.39, 0.29) is 6.54 Å². The van der Waals surface area contributed by atoms with Gasteiger partial charge in [-0.25, -0.2) is 8.42 Å². The molecule has 0 aliphatic carbocycles. The predicted octanol–water partition coefficient (Wildman–Crippen LogP) is 1.09. The number of para-hydroxylation sites is 1. The quantitative estimate of drug-likeness (QED) is 0.699. The lowest BCUT2D eigenvalue weighted by Gasteiger charge is -2.19. The van der Waals surface area contributed by atoms with Crippen molar-refractivity contribution in [2.45, 2.75) is 0 Å². The van der Waals surface area contributed by atoms with Crippen molar-refractivity contribution >= 4 is 15.7 Å². The van der Waals surface area contributed by atoms with Crippen molar-refractivity contribution in [3.8, 4) is 12.3 Å². The first-order valence-electron chi connectivity index (χ1n) is 4.02. The van der Waals surface area contributed by atoms with Crippen molar-refractivity contribution in [2.24, 2.45) is 0 Å². The molecule has 0 bridgehead atoms. The van der Waals surface area contributed by atoms with E-state index in [4.69, 9.17) is 6.42 Å². The molecular formula is C10H11NO2S. The van der Waals surface area contributed by atoms with E-state index in [2.05, 4.69) is 5.92 Å². The van der Waals surface area contributed by atoms with Crippen LogP contribution in [0.2, 0.25) is 0 Å². The first kappa shape index (κ1) is 10.6. The first-order valence-corrected chi connectivity index (χ1v) is 5.87. The van der Waals surface area contributed by atoms with Crippen molar-refractivity contribution in [1.82, 2.24) is 0 Å². The van der Waals surface area contributed by atoms with Crippen LogP contribution in [0.5, 0.6) is 0 Å². The topological polar surface area (TPSA) is 37.4 Å². The Balaban J connectivity index is 3.09. The maximum atomic E-state index is 11.4. The molecule has 0 amide bonds. The molecule has 0 fully saturated rings. The van der Waals surface area contributed by atoms with E-state index in [1.165, 1.54) is 4.31 Å². The van der Waals surface area contributed by atoms with Gasteiger partial charge in [-0.1, -0.05) is 24.1 Å². The molecule has 14 heavy (non-hydrogen) atoms. The van der Waals surface area contributed by atoms with Gasteiger partial charge in [-0.3, -0.25) is 4.31 Å². The highest BCUT2D eigenvalue weighted by atomic mass is 32.2. The molecule has 74 valence electrons. The minimum Gasteiger partial charge on any atom is -0.259 e. The van der Waals surface area contributed by atoms with Gasteiger partial charge >= 0.3 is 0 Å². The fraction of sp³-hybridized carbons (Fsp3) is 0.200. The van der Waals surface area contributed by atoms with Gasteiger partial charge in [0, 0.05) is 0 Å². The van der Waals surface area contributed by atoms with Gasteiger partial charge in [0.2, 0.25) is 10.0 Å². The highest BCUT2D eigenvalue weighted by molar-refractivity contribution is 7.92. The Morgan fingerprint density at radius 2 is 1.93 bits per heavy atom. The molecule has 0 saturated heterocycles. The van der Waals surface area contributed by atoms with Gasteiger partial charge in [-0.15, -0.1) is 6.42 Å². The number of terminal acetylenes is 1. The van der Waals surface area contributed by atoms with Crippen LogP contribution in [0, 0.1) is 12.3 Å². The number of benzene rings is 1. The van der Waals surface area contributed by atoms with Crippen LogP contribution in [0.4, 0.5) is 5.69 Å². The summed E-state index contributed by atoms with van der Waals surface area (Å²) < 4.78 is 23.9. The molecule has 0 N–H and O–H groups in total. The second-order valence-electron chi connectivity index (χ2n) is 2.81. The summed E-state index contributed by atoms with van der Waals surface area (Å²) in [5.74, 6) is 2.32. The fourth-order valence-corrected chi connectivity index (χ4v) is 1.89.